The average Bonchev–Trinajstić information content (AvgIpc) is 2.92. The van der Waals surface area contributed by atoms with E-state index in [1.165, 1.54) is 12.1 Å². The van der Waals surface area contributed by atoms with Crippen molar-refractivity contribution >= 4 is 40.9 Å². The van der Waals surface area contributed by atoms with Crippen molar-refractivity contribution in [2.24, 2.45) is 0 Å². The van der Waals surface area contributed by atoms with Crippen LogP contribution in [-0.2, 0) is 15.1 Å². The van der Waals surface area contributed by atoms with E-state index in [9.17, 15) is 14.0 Å². The Morgan fingerprint density at radius 2 is 1.79 bits per heavy atom. The Morgan fingerprint density at radius 1 is 1.05 bits per heavy atom. The summed E-state index contributed by atoms with van der Waals surface area (Å²) in [6.07, 6.45) is 1.11. The van der Waals surface area contributed by atoms with Gasteiger partial charge in [-0.2, -0.15) is 0 Å². The van der Waals surface area contributed by atoms with E-state index in [0.29, 0.717) is 60.2 Å². The molecule has 0 aliphatic carbocycles. The van der Waals surface area contributed by atoms with E-state index in [0.717, 1.165) is 11.1 Å². The Bertz CT molecular complexity index is 1360. The van der Waals surface area contributed by atoms with Gasteiger partial charge in [-0.15, -0.1) is 0 Å². The van der Waals surface area contributed by atoms with Crippen LogP contribution in [0.3, 0.4) is 0 Å². The van der Waals surface area contributed by atoms with E-state index in [-0.39, 0.29) is 17.8 Å². The summed E-state index contributed by atoms with van der Waals surface area (Å²) in [6.45, 7) is 3.89. The van der Waals surface area contributed by atoms with Crippen LogP contribution in [0.15, 0.2) is 66.7 Å². The van der Waals surface area contributed by atoms with Crippen molar-refractivity contribution < 1.29 is 18.7 Å². The normalized spacial score (nSPS) is 18.0. The molecule has 1 fully saturated rings. The van der Waals surface area contributed by atoms with Crippen molar-refractivity contribution in [2.45, 2.75) is 43.7 Å². The second-order valence-corrected chi connectivity index (χ2v) is 11.0. The number of anilines is 1. The third-order valence-corrected chi connectivity index (χ3v) is 8.45. The Labute approximate surface area is 237 Å². The van der Waals surface area contributed by atoms with Gasteiger partial charge in [0.2, 0.25) is 5.91 Å². The Kier molecular flexibility index (Phi) is 8.12. The molecule has 5 rings (SSSR count). The number of benzene rings is 3. The molecule has 3 aromatic carbocycles. The fourth-order valence-corrected chi connectivity index (χ4v) is 5.82. The van der Waals surface area contributed by atoms with Gasteiger partial charge in [-0.3, -0.25) is 10.1 Å². The number of piperidine rings is 1. The molecule has 3 aromatic rings. The summed E-state index contributed by atoms with van der Waals surface area (Å²) in [4.78, 5) is 28.0. The molecule has 2 aliphatic heterocycles. The van der Waals surface area contributed by atoms with Crippen molar-refractivity contribution in [3.8, 4) is 0 Å². The smallest absolute Gasteiger partial charge is 0.412 e. The van der Waals surface area contributed by atoms with Gasteiger partial charge in [0, 0.05) is 31.5 Å². The molecule has 0 radical (unpaired) electrons. The zero-order valence-corrected chi connectivity index (χ0v) is 23.1. The predicted octanol–water partition coefficient (Wildman–Crippen LogP) is 7.04. The highest BCUT2D eigenvalue weighted by Crippen LogP contribution is 2.44. The summed E-state index contributed by atoms with van der Waals surface area (Å²) in [7, 11) is 0. The molecule has 9 heteroatoms. The quantitative estimate of drug-likeness (QED) is 0.320. The molecule has 204 valence electrons. The number of nitrogens with one attached hydrogen (secondary N) is 2. The third kappa shape index (κ3) is 6.06. The SMILES string of the molecule is C[C@@H](NC(=O)[C@@H](CCN1CCC2(CC1)OC(=O)Nc1ccc(F)cc12)c1ccc(Cl)c(Cl)c1)c1ccccc1. The van der Waals surface area contributed by atoms with Gasteiger partial charge in [-0.05, 0) is 61.3 Å². The van der Waals surface area contributed by atoms with E-state index >= 15 is 0 Å². The van der Waals surface area contributed by atoms with E-state index in [2.05, 4.69) is 15.5 Å². The van der Waals surface area contributed by atoms with Crippen molar-refractivity contribution in [3.05, 3.63) is 99.3 Å². The first-order valence-corrected chi connectivity index (χ1v) is 13.8. The molecule has 2 amide bonds. The number of fused-ring (bicyclic) bond motifs is 2. The second kappa shape index (κ2) is 11.5. The fourth-order valence-electron chi connectivity index (χ4n) is 5.51. The molecule has 0 bridgehead atoms. The van der Waals surface area contributed by atoms with E-state index in [1.807, 2.05) is 43.3 Å². The number of amides is 2. The zero-order chi connectivity index (χ0) is 27.6. The lowest BCUT2D eigenvalue weighted by Crippen LogP contribution is -2.48. The summed E-state index contributed by atoms with van der Waals surface area (Å²) in [5, 5.41) is 6.66. The summed E-state index contributed by atoms with van der Waals surface area (Å²) in [6, 6.07) is 19.3. The molecule has 1 saturated heterocycles. The Hall–Kier alpha value is -3.13. The number of carbonyl (C=O) groups is 2. The lowest BCUT2D eigenvalue weighted by atomic mass is 9.82. The number of hydrogen-bond acceptors (Lipinski definition) is 4. The highest BCUT2D eigenvalue weighted by Gasteiger charge is 2.44. The van der Waals surface area contributed by atoms with E-state index < -0.39 is 17.6 Å². The van der Waals surface area contributed by atoms with Crippen LogP contribution in [0.2, 0.25) is 10.0 Å². The maximum absolute atomic E-state index is 14.1. The molecule has 2 aliphatic rings. The molecule has 2 N–H and O–H groups in total. The molecule has 2 heterocycles. The lowest BCUT2D eigenvalue weighted by Gasteiger charge is -2.44. The van der Waals surface area contributed by atoms with Crippen LogP contribution in [-0.4, -0.2) is 36.5 Å². The number of rotatable bonds is 7. The Morgan fingerprint density at radius 3 is 2.51 bits per heavy atom. The van der Waals surface area contributed by atoms with Gasteiger partial charge in [0.05, 0.1) is 27.7 Å². The third-order valence-electron chi connectivity index (χ3n) is 7.72. The van der Waals surface area contributed by atoms with Gasteiger partial charge in [-0.25, -0.2) is 9.18 Å². The van der Waals surface area contributed by atoms with Crippen molar-refractivity contribution in [2.75, 3.05) is 25.0 Å². The first-order chi connectivity index (χ1) is 18.7. The molecule has 0 unspecified atom stereocenters. The average molecular weight is 570 g/mol. The molecule has 2 atom stereocenters. The summed E-state index contributed by atoms with van der Waals surface area (Å²) in [5.41, 5.74) is 2.22. The van der Waals surface area contributed by atoms with Crippen LogP contribution in [0.5, 0.6) is 0 Å². The fraction of sp³-hybridized carbons (Fsp3) is 0.333. The number of hydrogen-bond donors (Lipinski definition) is 2. The van der Waals surface area contributed by atoms with Crippen LogP contribution < -0.4 is 10.6 Å². The maximum atomic E-state index is 14.1. The highest BCUT2D eigenvalue weighted by molar-refractivity contribution is 6.42. The first kappa shape index (κ1) is 27.4. The molecular weight excluding hydrogens is 540 g/mol. The molecule has 0 aromatic heterocycles. The van der Waals surface area contributed by atoms with Crippen LogP contribution in [0, 0.1) is 5.82 Å². The van der Waals surface area contributed by atoms with Gasteiger partial charge in [0.15, 0.2) is 0 Å². The minimum Gasteiger partial charge on any atom is -0.438 e. The predicted molar refractivity (Wildman–Crippen MR) is 151 cm³/mol. The second-order valence-electron chi connectivity index (χ2n) is 10.2. The zero-order valence-electron chi connectivity index (χ0n) is 21.6. The van der Waals surface area contributed by atoms with Gasteiger partial charge < -0.3 is 15.0 Å². The standard InChI is InChI=1S/C30H30Cl2FN3O3/c1-19(20-5-3-2-4-6-20)34-28(37)23(21-7-9-25(31)26(32)17-21)11-14-36-15-12-30(13-16-36)24-18-22(33)8-10-27(24)35-29(38)39-30/h2-10,17-19,23H,11-16H2,1H3,(H,34,37)(H,35,38)/t19-,23+/m1/s1. The number of halogens is 3. The van der Waals surface area contributed by atoms with Gasteiger partial charge in [0.25, 0.3) is 0 Å². The number of ether oxygens (including phenoxy) is 1. The molecule has 1 spiro atoms. The monoisotopic (exact) mass is 569 g/mol. The number of carbonyl (C=O) groups excluding carboxylic acids is 2. The van der Waals surface area contributed by atoms with Crippen LogP contribution >= 0.6 is 23.2 Å². The molecule has 39 heavy (non-hydrogen) atoms. The topological polar surface area (TPSA) is 70.7 Å². The van der Waals surface area contributed by atoms with Crippen LogP contribution in [0.1, 0.15) is 54.8 Å². The summed E-state index contributed by atoms with van der Waals surface area (Å²) < 4.78 is 19.8. The van der Waals surface area contributed by atoms with Gasteiger partial charge in [0.1, 0.15) is 11.4 Å². The van der Waals surface area contributed by atoms with Crippen LogP contribution in [0.25, 0.3) is 0 Å². The number of nitrogens with zero attached hydrogens (tertiary/aromatic N) is 1. The van der Waals surface area contributed by atoms with Crippen molar-refractivity contribution in [3.63, 3.8) is 0 Å². The highest BCUT2D eigenvalue weighted by atomic mass is 35.5. The summed E-state index contributed by atoms with van der Waals surface area (Å²) >= 11 is 12.5. The van der Waals surface area contributed by atoms with Gasteiger partial charge in [-0.1, -0.05) is 59.6 Å². The lowest BCUT2D eigenvalue weighted by molar-refractivity contribution is -0.123. The minimum atomic E-state index is -0.859. The molecular formula is C30H30Cl2FN3O3. The largest absolute Gasteiger partial charge is 0.438 e. The summed E-state index contributed by atoms with van der Waals surface area (Å²) in [5.74, 6) is -0.890. The maximum Gasteiger partial charge on any atom is 0.412 e. The minimum absolute atomic E-state index is 0.0880. The first-order valence-electron chi connectivity index (χ1n) is 13.1. The van der Waals surface area contributed by atoms with Crippen molar-refractivity contribution in [1.82, 2.24) is 10.2 Å². The van der Waals surface area contributed by atoms with E-state index in [4.69, 9.17) is 27.9 Å². The Balaban J connectivity index is 1.28. The van der Waals surface area contributed by atoms with Crippen LogP contribution in [0.4, 0.5) is 14.9 Å². The molecule has 6 nitrogen and oxygen atoms in total. The number of likely N-dealkylation sites (tertiary alicyclic amines) is 1. The molecule has 0 saturated carbocycles. The van der Waals surface area contributed by atoms with Crippen molar-refractivity contribution in [1.29, 1.82) is 0 Å². The van der Waals surface area contributed by atoms with Gasteiger partial charge >= 0.3 is 6.09 Å². The van der Waals surface area contributed by atoms with E-state index in [1.54, 1.807) is 18.2 Å².